The number of terminal acetylenes is 1. The zero-order valence-corrected chi connectivity index (χ0v) is 17.0. The normalized spacial score (nSPS) is 14.7. The molecule has 0 bridgehead atoms. The van der Waals surface area contributed by atoms with Gasteiger partial charge in [0.1, 0.15) is 18.1 Å². The molecule has 0 aliphatic carbocycles. The average Bonchev–Trinajstić information content (AvgIpc) is 2.97. The Kier molecular flexibility index (Phi) is 6.20. The lowest BCUT2D eigenvalue weighted by Crippen LogP contribution is -2.30. The number of methoxy groups -OCH3 is 1. The fraction of sp³-hybridized carbons (Fsp3) is 0.143. The van der Waals surface area contributed by atoms with Crippen molar-refractivity contribution in [3.05, 3.63) is 63.5 Å². The van der Waals surface area contributed by atoms with Gasteiger partial charge in [0.2, 0.25) is 0 Å². The lowest BCUT2D eigenvalue weighted by Gasteiger charge is -2.12. The largest absolute Gasteiger partial charge is 0.493 e. The van der Waals surface area contributed by atoms with Crippen molar-refractivity contribution in [3.63, 3.8) is 0 Å². The Balaban J connectivity index is 1.87. The molecule has 0 atom stereocenters. The highest BCUT2D eigenvalue weighted by Gasteiger charge is 2.34. The molecule has 1 N–H and O–H groups in total. The maximum Gasteiger partial charge on any atom is 0.329 e. The van der Waals surface area contributed by atoms with Gasteiger partial charge in [-0.15, -0.1) is 6.42 Å². The number of benzene rings is 2. The van der Waals surface area contributed by atoms with Crippen LogP contribution in [0.1, 0.15) is 11.1 Å². The standard InChI is InChI=1S/C21H16BrFN2O4/c1-3-8-29-19-11-15(22)14(10-18(19)28-2)9-17-20(26)25(21(27)24-17)12-13-6-4-5-7-16(13)23/h1,4-7,9-11H,8,12H2,2H3,(H,24,27). The lowest BCUT2D eigenvalue weighted by atomic mass is 10.1. The summed E-state index contributed by atoms with van der Waals surface area (Å²) in [5.41, 5.74) is 0.882. The molecule has 0 aromatic heterocycles. The number of hydrogen-bond donors (Lipinski definition) is 1. The van der Waals surface area contributed by atoms with Crippen molar-refractivity contribution < 1.29 is 23.5 Å². The van der Waals surface area contributed by atoms with Crippen LogP contribution < -0.4 is 14.8 Å². The van der Waals surface area contributed by atoms with Crippen LogP contribution in [0.25, 0.3) is 6.08 Å². The second kappa shape index (κ2) is 8.80. The third kappa shape index (κ3) is 4.41. The van der Waals surface area contributed by atoms with Crippen molar-refractivity contribution in [1.82, 2.24) is 10.2 Å². The summed E-state index contributed by atoms with van der Waals surface area (Å²) in [6.45, 7) is -0.0964. The minimum Gasteiger partial charge on any atom is -0.493 e. The van der Waals surface area contributed by atoms with Gasteiger partial charge in [-0.25, -0.2) is 9.18 Å². The molecule has 8 heteroatoms. The van der Waals surface area contributed by atoms with Crippen molar-refractivity contribution in [3.8, 4) is 23.8 Å². The first kappa shape index (κ1) is 20.4. The molecule has 3 rings (SSSR count). The smallest absolute Gasteiger partial charge is 0.329 e. The Morgan fingerprint density at radius 2 is 2.03 bits per heavy atom. The molecule has 1 heterocycles. The molecular weight excluding hydrogens is 443 g/mol. The van der Waals surface area contributed by atoms with Crippen LogP contribution in [-0.2, 0) is 11.3 Å². The Morgan fingerprint density at radius 3 is 2.72 bits per heavy atom. The number of carbonyl (C=O) groups is 2. The molecule has 1 aliphatic heterocycles. The molecule has 0 saturated carbocycles. The first-order valence-corrected chi connectivity index (χ1v) is 9.25. The summed E-state index contributed by atoms with van der Waals surface area (Å²) >= 11 is 3.40. The van der Waals surface area contributed by atoms with Crippen LogP contribution in [0, 0.1) is 18.2 Å². The van der Waals surface area contributed by atoms with Crippen LogP contribution in [0.2, 0.25) is 0 Å². The zero-order chi connectivity index (χ0) is 21.0. The van der Waals surface area contributed by atoms with Crippen molar-refractivity contribution in [1.29, 1.82) is 0 Å². The number of hydrogen-bond acceptors (Lipinski definition) is 4. The molecular formula is C21H16BrFN2O4. The number of urea groups is 1. The molecule has 6 nitrogen and oxygen atoms in total. The Hall–Kier alpha value is -3.31. The van der Waals surface area contributed by atoms with E-state index in [1.54, 1.807) is 18.2 Å². The van der Waals surface area contributed by atoms with E-state index in [0.29, 0.717) is 21.5 Å². The summed E-state index contributed by atoms with van der Waals surface area (Å²) < 4.78 is 25.2. The highest BCUT2D eigenvalue weighted by Crippen LogP contribution is 2.35. The summed E-state index contributed by atoms with van der Waals surface area (Å²) in [6, 6.07) is 8.65. The number of carbonyl (C=O) groups excluding carboxylic acids is 2. The molecule has 29 heavy (non-hydrogen) atoms. The van der Waals surface area contributed by atoms with Crippen LogP contribution in [-0.4, -0.2) is 30.6 Å². The van der Waals surface area contributed by atoms with Gasteiger partial charge in [0.25, 0.3) is 5.91 Å². The molecule has 0 unspecified atom stereocenters. The van der Waals surface area contributed by atoms with Crippen molar-refractivity contribution in [2.45, 2.75) is 6.54 Å². The number of halogens is 2. The topological polar surface area (TPSA) is 67.9 Å². The third-order valence-corrected chi connectivity index (χ3v) is 4.83. The van der Waals surface area contributed by atoms with Gasteiger partial charge in [0.05, 0.1) is 13.7 Å². The van der Waals surface area contributed by atoms with Gasteiger partial charge < -0.3 is 14.8 Å². The summed E-state index contributed by atoms with van der Waals surface area (Å²) in [5, 5.41) is 2.51. The van der Waals surface area contributed by atoms with E-state index in [1.807, 2.05) is 0 Å². The number of imide groups is 1. The maximum atomic E-state index is 13.9. The van der Waals surface area contributed by atoms with Crippen LogP contribution in [0.4, 0.5) is 9.18 Å². The summed E-state index contributed by atoms with van der Waals surface area (Å²) in [5.74, 6) is 2.17. The number of nitrogens with one attached hydrogen (secondary N) is 1. The number of rotatable bonds is 6. The molecule has 1 aliphatic rings. The molecule has 148 valence electrons. The molecule has 0 radical (unpaired) electrons. The average molecular weight is 459 g/mol. The minimum atomic E-state index is -0.624. The predicted octanol–water partition coefficient (Wildman–Crippen LogP) is 3.70. The van der Waals surface area contributed by atoms with E-state index in [1.165, 1.54) is 31.4 Å². The summed E-state index contributed by atoms with van der Waals surface area (Å²) in [6.07, 6.45) is 6.71. The maximum absolute atomic E-state index is 13.9. The molecule has 1 fully saturated rings. The number of nitrogens with zero attached hydrogens (tertiary/aromatic N) is 1. The second-order valence-corrected chi connectivity index (χ2v) is 6.84. The van der Waals surface area contributed by atoms with Gasteiger partial charge in [-0.1, -0.05) is 40.0 Å². The van der Waals surface area contributed by atoms with Crippen LogP contribution in [0.3, 0.4) is 0 Å². The van der Waals surface area contributed by atoms with Crippen molar-refractivity contribution in [2.24, 2.45) is 0 Å². The summed E-state index contributed by atoms with van der Waals surface area (Å²) in [4.78, 5) is 25.8. The Labute approximate surface area is 175 Å². The van der Waals surface area contributed by atoms with E-state index >= 15 is 0 Å². The van der Waals surface area contributed by atoms with Gasteiger partial charge >= 0.3 is 6.03 Å². The van der Waals surface area contributed by atoms with Crippen molar-refractivity contribution >= 4 is 33.9 Å². The Morgan fingerprint density at radius 1 is 1.28 bits per heavy atom. The quantitative estimate of drug-likeness (QED) is 0.407. The lowest BCUT2D eigenvalue weighted by molar-refractivity contribution is -0.123. The minimum absolute atomic E-state index is 0.0615. The van der Waals surface area contributed by atoms with E-state index in [9.17, 15) is 14.0 Å². The van der Waals surface area contributed by atoms with Crippen molar-refractivity contribution in [2.75, 3.05) is 13.7 Å². The predicted molar refractivity (Wildman–Crippen MR) is 108 cm³/mol. The van der Waals surface area contributed by atoms with E-state index in [2.05, 4.69) is 27.2 Å². The van der Waals surface area contributed by atoms with Gasteiger partial charge in [-0.3, -0.25) is 9.69 Å². The van der Waals surface area contributed by atoms with Crippen LogP contribution >= 0.6 is 15.9 Å². The number of amides is 3. The van der Waals surface area contributed by atoms with Gasteiger partial charge in [-0.05, 0) is 29.8 Å². The summed E-state index contributed by atoms with van der Waals surface area (Å²) in [7, 11) is 1.47. The van der Waals surface area contributed by atoms with E-state index < -0.39 is 17.8 Å². The first-order chi connectivity index (χ1) is 13.9. The second-order valence-electron chi connectivity index (χ2n) is 5.99. The van der Waals surface area contributed by atoms with E-state index in [4.69, 9.17) is 15.9 Å². The van der Waals surface area contributed by atoms with Crippen LogP contribution in [0.15, 0.2) is 46.6 Å². The highest BCUT2D eigenvalue weighted by molar-refractivity contribution is 9.10. The monoisotopic (exact) mass is 458 g/mol. The van der Waals surface area contributed by atoms with Gasteiger partial charge in [-0.2, -0.15) is 0 Å². The highest BCUT2D eigenvalue weighted by atomic mass is 79.9. The third-order valence-electron chi connectivity index (χ3n) is 4.14. The fourth-order valence-electron chi connectivity index (χ4n) is 2.72. The Bertz CT molecular complexity index is 1050. The molecule has 1 saturated heterocycles. The van der Waals surface area contributed by atoms with E-state index in [0.717, 1.165) is 4.90 Å². The molecule has 2 aromatic carbocycles. The zero-order valence-electron chi connectivity index (χ0n) is 15.4. The first-order valence-electron chi connectivity index (χ1n) is 8.46. The molecule has 2 aromatic rings. The van der Waals surface area contributed by atoms with Gasteiger partial charge in [0.15, 0.2) is 11.5 Å². The van der Waals surface area contributed by atoms with Crippen LogP contribution in [0.5, 0.6) is 11.5 Å². The SMILES string of the molecule is C#CCOc1cc(Br)c(C=C2NC(=O)N(Cc3ccccc3F)C2=O)cc1OC. The molecule has 3 amide bonds. The number of ether oxygens (including phenoxy) is 2. The molecule has 0 spiro atoms. The van der Waals surface area contributed by atoms with Gasteiger partial charge in [0, 0.05) is 10.0 Å². The fourth-order valence-corrected chi connectivity index (χ4v) is 3.16. The van der Waals surface area contributed by atoms with E-state index in [-0.39, 0.29) is 24.4 Å².